The lowest BCUT2D eigenvalue weighted by atomic mass is 10.2. The van der Waals surface area contributed by atoms with Crippen LogP contribution in [0.2, 0.25) is 5.02 Å². The number of imidazole rings is 1. The van der Waals surface area contributed by atoms with Gasteiger partial charge in [-0.1, -0.05) is 29.8 Å². The highest BCUT2D eigenvalue weighted by molar-refractivity contribution is 6.33. The van der Waals surface area contributed by atoms with Gasteiger partial charge in [-0.15, -0.1) is 0 Å². The van der Waals surface area contributed by atoms with Gasteiger partial charge in [-0.2, -0.15) is 0 Å². The van der Waals surface area contributed by atoms with E-state index < -0.39 is 0 Å². The van der Waals surface area contributed by atoms with Crippen LogP contribution in [0.1, 0.15) is 43.1 Å². The van der Waals surface area contributed by atoms with Crippen molar-refractivity contribution in [1.82, 2.24) is 19.4 Å². The Labute approximate surface area is 182 Å². The highest BCUT2D eigenvalue weighted by Gasteiger charge is 2.29. The summed E-state index contributed by atoms with van der Waals surface area (Å²) in [5, 5.41) is 3.31. The molecule has 0 spiro atoms. The van der Waals surface area contributed by atoms with Gasteiger partial charge in [0.25, 0.3) is 5.91 Å². The van der Waals surface area contributed by atoms with Gasteiger partial charge in [-0.05, 0) is 40.0 Å². The molecule has 0 radical (unpaired) electrons. The summed E-state index contributed by atoms with van der Waals surface area (Å²) < 4.78 is 1.90. The topological polar surface area (TPSA) is 70.5 Å². The molecule has 0 unspecified atom stereocenters. The molecule has 2 heterocycles. The Kier molecular flexibility index (Phi) is 6.95. The molecule has 1 aliphatic rings. The molecule has 0 saturated heterocycles. The van der Waals surface area contributed by atoms with E-state index in [1.54, 1.807) is 29.3 Å². The molecule has 2 aromatic rings. The van der Waals surface area contributed by atoms with Gasteiger partial charge in [-0.25, -0.2) is 4.98 Å². The van der Waals surface area contributed by atoms with E-state index in [9.17, 15) is 9.59 Å². The highest BCUT2D eigenvalue weighted by atomic mass is 35.5. The minimum atomic E-state index is -0.273. The van der Waals surface area contributed by atoms with Crippen molar-refractivity contribution in [2.75, 3.05) is 25.5 Å². The number of carbonyl (C=O) groups excluding carboxylic acids is 2. The molecule has 160 valence electrons. The average Bonchev–Trinajstić information content (AvgIpc) is 3.14. The number of para-hydroxylation sites is 1. The lowest BCUT2D eigenvalue weighted by Gasteiger charge is -2.32. The van der Waals surface area contributed by atoms with Crippen LogP contribution in [0.3, 0.4) is 0 Å². The van der Waals surface area contributed by atoms with E-state index in [0.717, 1.165) is 0 Å². The van der Waals surface area contributed by atoms with Gasteiger partial charge in [0.15, 0.2) is 0 Å². The molecule has 1 N–H and O–H groups in total. The zero-order valence-corrected chi connectivity index (χ0v) is 18.6. The third-order valence-electron chi connectivity index (χ3n) is 5.33. The number of aromatic nitrogens is 2. The van der Waals surface area contributed by atoms with E-state index in [2.05, 4.69) is 29.0 Å². The molecule has 1 aromatic carbocycles. The van der Waals surface area contributed by atoms with Crippen molar-refractivity contribution >= 4 is 29.1 Å². The Morgan fingerprint density at radius 2 is 2.10 bits per heavy atom. The van der Waals surface area contributed by atoms with Crippen molar-refractivity contribution in [3.05, 3.63) is 59.2 Å². The number of amides is 2. The first-order valence-electron chi connectivity index (χ1n) is 10.1. The van der Waals surface area contributed by atoms with Crippen LogP contribution in [-0.4, -0.2) is 57.3 Å². The first-order chi connectivity index (χ1) is 14.3. The van der Waals surface area contributed by atoms with Gasteiger partial charge < -0.3 is 19.7 Å². The molecule has 0 fully saturated rings. The van der Waals surface area contributed by atoms with Crippen molar-refractivity contribution < 1.29 is 9.59 Å². The molecule has 1 aliphatic heterocycles. The van der Waals surface area contributed by atoms with E-state index in [1.807, 2.05) is 36.7 Å². The zero-order chi connectivity index (χ0) is 21.8. The molecule has 3 rings (SSSR count). The second-order valence-electron chi connectivity index (χ2n) is 7.87. The molecular formula is C22H28ClN5O2. The quantitative estimate of drug-likeness (QED) is 0.712. The SMILES string of the molecule is CC(C)N(C)C/C=C/C(=O)N1Cc2ncc(C(=O)Nc3ccccc3Cl)n2[C@H](C)C1. The number of likely N-dealkylation sites (N-methyl/N-ethyl adjacent to an activating group) is 1. The second-order valence-corrected chi connectivity index (χ2v) is 8.27. The number of rotatable bonds is 6. The number of hydrogen-bond acceptors (Lipinski definition) is 4. The first-order valence-corrected chi connectivity index (χ1v) is 10.4. The number of halogens is 1. The van der Waals surface area contributed by atoms with Gasteiger partial charge in [0.1, 0.15) is 11.5 Å². The molecule has 1 aromatic heterocycles. The van der Waals surface area contributed by atoms with Crippen LogP contribution in [0.15, 0.2) is 42.6 Å². The second kappa shape index (κ2) is 9.45. The van der Waals surface area contributed by atoms with E-state index in [-0.39, 0.29) is 17.9 Å². The van der Waals surface area contributed by atoms with Crippen molar-refractivity contribution in [3.8, 4) is 0 Å². The minimum absolute atomic E-state index is 0.0460. The minimum Gasteiger partial charge on any atom is -0.330 e. The van der Waals surface area contributed by atoms with Crippen LogP contribution in [0.5, 0.6) is 0 Å². The van der Waals surface area contributed by atoms with E-state index in [0.29, 0.717) is 47.9 Å². The van der Waals surface area contributed by atoms with Crippen LogP contribution in [-0.2, 0) is 11.3 Å². The molecule has 7 nitrogen and oxygen atoms in total. The first kappa shape index (κ1) is 22.1. The maximum absolute atomic E-state index is 12.8. The van der Waals surface area contributed by atoms with Crippen molar-refractivity contribution in [3.63, 3.8) is 0 Å². The summed E-state index contributed by atoms with van der Waals surface area (Å²) >= 11 is 6.14. The fraction of sp³-hybridized carbons (Fsp3) is 0.409. The van der Waals surface area contributed by atoms with Crippen LogP contribution < -0.4 is 5.32 Å². The fourth-order valence-electron chi connectivity index (χ4n) is 3.36. The predicted molar refractivity (Wildman–Crippen MR) is 119 cm³/mol. The Morgan fingerprint density at radius 1 is 1.37 bits per heavy atom. The summed E-state index contributed by atoms with van der Waals surface area (Å²) in [5.41, 5.74) is 1.01. The third-order valence-corrected chi connectivity index (χ3v) is 5.66. The maximum atomic E-state index is 12.8. The standard InChI is InChI=1S/C22H28ClN5O2/c1-15(2)26(4)11-7-10-21(29)27-13-16(3)28-19(12-24-20(28)14-27)22(30)25-18-9-6-5-8-17(18)23/h5-10,12,15-16H,11,13-14H2,1-4H3,(H,25,30)/b10-7+/t16-/m1/s1. The molecule has 30 heavy (non-hydrogen) atoms. The number of benzene rings is 1. The van der Waals surface area contributed by atoms with Crippen molar-refractivity contribution in [2.24, 2.45) is 0 Å². The summed E-state index contributed by atoms with van der Waals surface area (Å²) in [5.74, 6) is 0.375. The van der Waals surface area contributed by atoms with Gasteiger partial charge in [0, 0.05) is 25.2 Å². The normalized spacial score (nSPS) is 16.4. The van der Waals surface area contributed by atoms with Crippen LogP contribution in [0.4, 0.5) is 5.69 Å². The van der Waals surface area contributed by atoms with E-state index >= 15 is 0 Å². The number of hydrogen-bond donors (Lipinski definition) is 1. The smallest absolute Gasteiger partial charge is 0.273 e. The number of nitrogens with one attached hydrogen (secondary N) is 1. The number of anilines is 1. The summed E-state index contributed by atoms with van der Waals surface area (Å²) in [6, 6.07) is 7.44. The van der Waals surface area contributed by atoms with Gasteiger partial charge in [0.2, 0.25) is 5.91 Å². The summed E-state index contributed by atoms with van der Waals surface area (Å²) in [6.45, 7) is 7.80. The van der Waals surface area contributed by atoms with Crippen molar-refractivity contribution in [2.45, 2.75) is 39.4 Å². The monoisotopic (exact) mass is 429 g/mol. The Hall–Kier alpha value is -2.64. The molecule has 0 saturated carbocycles. The maximum Gasteiger partial charge on any atom is 0.273 e. The average molecular weight is 430 g/mol. The molecule has 1 atom stereocenters. The highest BCUT2D eigenvalue weighted by Crippen LogP contribution is 2.25. The van der Waals surface area contributed by atoms with Crippen LogP contribution >= 0.6 is 11.6 Å². The lowest BCUT2D eigenvalue weighted by Crippen LogP contribution is -2.40. The molecule has 8 heteroatoms. The zero-order valence-electron chi connectivity index (χ0n) is 17.8. The molecule has 0 aliphatic carbocycles. The summed E-state index contributed by atoms with van der Waals surface area (Å²) in [4.78, 5) is 33.7. The fourth-order valence-corrected chi connectivity index (χ4v) is 3.55. The summed E-state index contributed by atoms with van der Waals surface area (Å²) in [7, 11) is 2.02. The predicted octanol–water partition coefficient (Wildman–Crippen LogP) is 3.59. The number of fused-ring (bicyclic) bond motifs is 1. The van der Waals surface area contributed by atoms with Gasteiger partial charge >= 0.3 is 0 Å². The molecule has 0 bridgehead atoms. The number of carbonyl (C=O) groups is 2. The van der Waals surface area contributed by atoms with Gasteiger partial charge in [0.05, 0.1) is 29.5 Å². The Bertz CT molecular complexity index is 953. The number of nitrogens with zero attached hydrogens (tertiary/aromatic N) is 4. The Balaban J connectivity index is 1.69. The van der Waals surface area contributed by atoms with Gasteiger partial charge in [-0.3, -0.25) is 9.59 Å². The summed E-state index contributed by atoms with van der Waals surface area (Å²) in [6.07, 6.45) is 5.06. The Morgan fingerprint density at radius 3 is 2.80 bits per heavy atom. The van der Waals surface area contributed by atoms with E-state index in [1.165, 1.54) is 0 Å². The van der Waals surface area contributed by atoms with E-state index in [4.69, 9.17) is 11.6 Å². The molecular weight excluding hydrogens is 402 g/mol. The third kappa shape index (κ3) is 4.91. The van der Waals surface area contributed by atoms with Crippen molar-refractivity contribution in [1.29, 1.82) is 0 Å². The van der Waals surface area contributed by atoms with Crippen LogP contribution in [0.25, 0.3) is 0 Å². The van der Waals surface area contributed by atoms with Crippen LogP contribution in [0, 0.1) is 0 Å². The molecule has 2 amide bonds. The lowest BCUT2D eigenvalue weighted by molar-refractivity contribution is -0.128. The largest absolute Gasteiger partial charge is 0.330 e.